The molecule has 5 nitrogen and oxygen atoms in total. The summed E-state index contributed by atoms with van der Waals surface area (Å²) in [4.78, 5) is 25.7. The summed E-state index contributed by atoms with van der Waals surface area (Å²) >= 11 is 0. The molecule has 1 aliphatic rings. The first-order valence-corrected chi connectivity index (χ1v) is 7.67. The average Bonchev–Trinajstić information content (AvgIpc) is 2.53. The Hall–Kier alpha value is -2.35. The lowest BCUT2D eigenvalue weighted by Crippen LogP contribution is -2.44. The van der Waals surface area contributed by atoms with Crippen LogP contribution in [0.25, 0.3) is 0 Å². The van der Waals surface area contributed by atoms with Gasteiger partial charge >= 0.3 is 0 Å². The fraction of sp³-hybridized carbons (Fsp3) is 0.471. The highest BCUT2D eigenvalue weighted by Gasteiger charge is 2.25. The molecule has 5 heteroatoms. The molecule has 2 amide bonds. The van der Waals surface area contributed by atoms with Gasteiger partial charge in [-0.2, -0.15) is 5.26 Å². The first-order valence-electron chi connectivity index (χ1n) is 7.67. The molecule has 1 aromatic carbocycles. The Morgan fingerprint density at radius 2 is 2.05 bits per heavy atom. The molecule has 0 bridgehead atoms. The fourth-order valence-corrected chi connectivity index (χ4v) is 2.91. The first kappa shape index (κ1) is 16.0. The summed E-state index contributed by atoms with van der Waals surface area (Å²) in [5.41, 5.74) is 1.07. The molecule has 22 heavy (non-hydrogen) atoms. The van der Waals surface area contributed by atoms with Gasteiger partial charge in [0.1, 0.15) is 6.54 Å². The SMILES string of the molecule is CC(=O)N(CC(=O)Nc1cccc(C#N)c1)C1CCCCC1. The molecule has 1 fully saturated rings. The van der Waals surface area contributed by atoms with Crippen LogP contribution < -0.4 is 5.32 Å². The van der Waals surface area contributed by atoms with Gasteiger partial charge in [-0.15, -0.1) is 0 Å². The Morgan fingerprint density at radius 1 is 1.32 bits per heavy atom. The second-order valence-electron chi connectivity index (χ2n) is 5.68. The lowest BCUT2D eigenvalue weighted by molar-refractivity contribution is -0.135. The van der Waals surface area contributed by atoms with Crippen LogP contribution in [0.5, 0.6) is 0 Å². The van der Waals surface area contributed by atoms with Crippen LogP contribution in [0.4, 0.5) is 5.69 Å². The lowest BCUT2D eigenvalue weighted by atomic mass is 9.94. The van der Waals surface area contributed by atoms with Crippen LogP contribution in [-0.4, -0.2) is 29.3 Å². The number of carbonyl (C=O) groups excluding carboxylic acids is 2. The molecule has 0 unspecified atom stereocenters. The highest BCUT2D eigenvalue weighted by Crippen LogP contribution is 2.22. The van der Waals surface area contributed by atoms with Crippen molar-refractivity contribution in [3.05, 3.63) is 29.8 Å². The van der Waals surface area contributed by atoms with E-state index in [1.54, 1.807) is 29.2 Å². The second-order valence-corrected chi connectivity index (χ2v) is 5.68. The van der Waals surface area contributed by atoms with Gasteiger partial charge in [-0.1, -0.05) is 25.3 Å². The smallest absolute Gasteiger partial charge is 0.244 e. The lowest BCUT2D eigenvalue weighted by Gasteiger charge is -2.33. The van der Waals surface area contributed by atoms with E-state index in [1.165, 1.54) is 13.3 Å². The molecule has 2 rings (SSSR count). The van der Waals surface area contributed by atoms with Crippen molar-refractivity contribution in [2.75, 3.05) is 11.9 Å². The number of hydrogen-bond acceptors (Lipinski definition) is 3. The van der Waals surface area contributed by atoms with Crippen molar-refractivity contribution in [1.82, 2.24) is 4.90 Å². The minimum Gasteiger partial charge on any atom is -0.331 e. The van der Waals surface area contributed by atoms with E-state index in [2.05, 4.69) is 5.32 Å². The third-order valence-electron chi connectivity index (χ3n) is 4.01. The van der Waals surface area contributed by atoms with Crippen LogP contribution in [0.15, 0.2) is 24.3 Å². The van der Waals surface area contributed by atoms with Gasteiger partial charge in [-0.25, -0.2) is 0 Å². The number of benzene rings is 1. The Kier molecular flexibility index (Phi) is 5.54. The summed E-state index contributed by atoms with van der Waals surface area (Å²) in [5.74, 6) is -0.288. The summed E-state index contributed by atoms with van der Waals surface area (Å²) in [6, 6.07) is 8.96. The molecule has 0 atom stereocenters. The van der Waals surface area contributed by atoms with Gasteiger partial charge in [0.2, 0.25) is 11.8 Å². The predicted octanol–water partition coefficient (Wildman–Crippen LogP) is 2.68. The highest BCUT2D eigenvalue weighted by atomic mass is 16.2. The van der Waals surface area contributed by atoms with E-state index >= 15 is 0 Å². The topological polar surface area (TPSA) is 73.2 Å². The predicted molar refractivity (Wildman–Crippen MR) is 84.0 cm³/mol. The van der Waals surface area contributed by atoms with E-state index in [1.807, 2.05) is 6.07 Å². The summed E-state index contributed by atoms with van der Waals surface area (Å²) in [6.45, 7) is 1.58. The maximum atomic E-state index is 12.2. The monoisotopic (exact) mass is 299 g/mol. The number of nitrogens with one attached hydrogen (secondary N) is 1. The van der Waals surface area contributed by atoms with E-state index in [0.29, 0.717) is 11.3 Å². The van der Waals surface area contributed by atoms with Crippen LogP contribution in [-0.2, 0) is 9.59 Å². The highest BCUT2D eigenvalue weighted by molar-refractivity contribution is 5.94. The zero-order chi connectivity index (χ0) is 15.9. The molecular formula is C17H21N3O2. The van der Waals surface area contributed by atoms with Crippen molar-refractivity contribution in [1.29, 1.82) is 5.26 Å². The average molecular weight is 299 g/mol. The second kappa shape index (κ2) is 7.60. The van der Waals surface area contributed by atoms with Gasteiger partial charge in [0, 0.05) is 18.7 Å². The van der Waals surface area contributed by atoms with E-state index < -0.39 is 0 Å². The van der Waals surface area contributed by atoms with Crippen molar-refractivity contribution in [3.63, 3.8) is 0 Å². The molecule has 1 aliphatic carbocycles. The number of hydrogen-bond donors (Lipinski definition) is 1. The molecule has 0 aliphatic heterocycles. The molecule has 0 spiro atoms. The molecule has 0 radical (unpaired) electrons. The van der Waals surface area contributed by atoms with Crippen molar-refractivity contribution < 1.29 is 9.59 Å². The van der Waals surface area contributed by atoms with Crippen molar-refractivity contribution >= 4 is 17.5 Å². The molecule has 1 aromatic rings. The number of nitrogens with zero attached hydrogens (tertiary/aromatic N) is 2. The minimum atomic E-state index is -0.226. The van der Waals surface area contributed by atoms with Crippen molar-refractivity contribution in [3.8, 4) is 6.07 Å². The van der Waals surface area contributed by atoms with E-state index in [0.717, 1.165) is 25.7 Å². The van der Waals surface area contributed by atoms with E-state index in [9.17, 15) is 9.59 Å². The number of anilines is 1. The van der Waals surface area contributed by atoms with Gasteiger partial charge < -0.3 is 10.2 Å². The first-order chi connectivity index (χ1) is 10.6. The molecule has 116 valence electrons. The molecular weight excluding hydrogens is 278 g/mol. The van der Waals surface area contributed by atoms with Gasteiger partial charge in [0.05, 0.1) is 11.6 Å². The summed E-state index contributed by atoms with van der Waals surface area (Å²) in [5, 5.41) is 11.6. The molecule has 1 N–H and O–H groups in total. The van der Waals surface area contributed by atoms with Crippen LogP contribution in [0, 0.1) is 11.3 Å². The summed E-state index contributed by atoms with van der Waals surface area (Å²) < 4.78 is 0. The van der Waals surface area contributed by atoms with E-state index in [-0.39, 0.29) is 24.4 Å². The standard InChI is InChI=1S/C17H21N3O2/c1-13(21)20(16-8-3-2-4-9-16)12-17(22)19-15-7-5-6-14(10-15)11-18/h5-7,10,16H,2-4,8-9,12H2,1H3,(H,19,22). The van der Waals surface area contributed by atoms with Crippen LogP contribution in [0.3, 0.4) is 0 Å². The molecule has 0 aromatic heterocycles. The zero-order valence-corrected chi connectivity index (χ0v) is 12.8. The Labute approximate surface area is 130 Å². The maximum absolute atomic E-state index is 12.2. The van der Waals surface area contributed by atoms with Crippen molar-refractivity contribution in [2.45, 2.75) is 45.1 Å². The van der Waals surface area contributed by atoms with Gasteiger partial charge in [-0.3, -0.25) is 9.59 Å². The largest absolute Gasteiger partial charge is 0.331 e. The third kappa shape index (κ3) is 4.32. The Balaban J connectivity index is 1.98. The fourth-order valence-electron chi connectivity index (χ4n) is 2.91. The van der Waals surface area contributed by atoms with Crippen LogP contribution in [0.2, 0.25) is 0 Å². The number of rotatable bonds is 4. The number of carbonyl (C=O) groups is 2. The van der Waals surface area contributed by atoms with Gasteiger partial charge in [0.15, 0.2) is 0 Å². The zero-order valence-electron chi connectivity index (χ0n) is 12.8. The minimum absolute atomic E-state index is 0.0622. The normalized spacial score (nSPS) is 14.9. The van der Waals surface area contributed by atoms with E-state index in [4.69, 9.17) is 5.26 Å². The molecule has 0 heterocycles. The van der Waals surface area contributed by atoms with Crippen LogP contribution in [0.1, 0.15) is 44.6 Å². The number of amides is 2. The number of nitriles is 1. The summed E-state index contributed by atoms with van der Waals surface area (Å²) in [6.07, 6.45) is 5.36. The van der Waals surface area contributed by atoms with Crippen LogP contribution >= 0.6 is 0 Å². The maximum Gasteiger partial charge on any atom is 0.244 e. The van der Waals surface area contributed by atoms with Crippen molar-refractivity contribution in [2.24, 2.45) is 0 Å². The van der Waals surface area contributed by atoms with Gasteiger partial charge in [-0.05, 0) is 31.0 Å². The Morgan fingerprint density at radius 3 is 2.68 bits per heavy atom. The summed E-state index contributed by atoms with van der Waals surface area (Å²) in [7, 11) is 0. The van der Waals surface area contributed by atoms with Gasteiger partial charge in [0.25, 0.3) is 0 Å². The Bertz CT molecular complexity index is 586. The quantitative estimate of drug-likeness (QED) is 0.929. The third-order valence-corrected chi connectivity index (χ3v) is 4.01. The molecule has 0 saturated heterocycles. The molecule has 1 saturated carbocycles.